The SMILES string of the molecule is Cc1cc(C)c(C(=O)NCC(C)(O)CO)c(C)c1. The molecule has 4 nitrogen and oxygen atoms in total. The fraction of sp³-hybridized carbons (Fsp3) is 0.500. The van der Waals surface area contributed by atoms with Crippen LogP contribution in [0.5, 0.6) is 0 Å². The molecule has 0 saturated heterocycles. The van der Waals surface area contributed by atoms with E-state index in [0.717, 1.165) is 16.7 Å². The molecule has 3 N–H and O–H groups in total. The lowest BCUT2D eigenvalue weighted by Crippen LogP contribution is -2.43. The van der Waals surface area contributed by atoms with Crippen LogP contribution >= 0.6 is 0 Å². The number of carbonyl (C=O) groups excluding carboxylic acids is 1. The second-order valence-electron chi connectivity index (χ2n) is 5.11. The lowest BCUT2D eigenvalue weighted by atomic mass is 9.99. The van der Waals surface area contributed by atoms with Crippen molar-refractivity contribution in [2.45, 2.75) is 33.3 Å². The minimum Gasteiger partial charge on any atom is -0.393 e. The summed E-state index contributed by atoms with van der Waals surface area (Å²) in [5.74, 6) is -0.223. The highest BCUT2D eigenvalue weighted by atomic mass is 16.3. The summed E-state index contributed by atoms with van der Waals surface area (Å²) in [5.41, 5.74) is 2.28. The Kier molecular flexibility index (Phi) is 4.48. The number of aryl methyl sites for hydroxylation is 3. The molecule has 0 heterocycles. The highest BCUT2D eigenvalue weighted by Gasteiger charge is 2.21. The van der Waals surface area contributed by atoms with Crippen LogP contribution < -0.4 is 5.32 Å². The van der Waals surface area contributed by atoms with Crippen LogP contribution in [0.25, 0.3) is 0 Å². The number of carbonyl (C=O) groups is 1. The molecule has 1 rings (SSSR count). The van der Waals surface area contributed by atoms with Gasteiger partial charge in [-0.2, -0.15) is 0 Å². The molecule has 1 aromatic rings. The second-order valence-corrected chi connectivity index (χ2v) is 5.11. The van der Waals surface area contributed by atoms with E-state index >= 15 is 0 Å². The van der Waals surface area contributed by atoms with E-state index in [1.54, 1.807) is 0 Å². The number of hydrogen-bond acceptors (Lipinski definition) is 3. The van der Waals surface area contributed by atoms with Crippen molar-refractivity contribution in [3.63, 3.8) is 0 Å². The predicted octanol–water partition coefficient (Wildman–Crippen LogP) is 1.08. The number of benzene rings is 1. The van der Waals surface area contributed by atoms with Gasteiger partial charge in [-0.1, -0.05) is 17.7 Å². The summed E-state index contributed by atoms with van der Waals surface area (Å²) in [4.78, 5) is 12.1. The molecule has 0 aliphatic heterocycles. The Morgan fingerprint density at radius 2 is 1.78 bits per heavy atom. The Labute approximate surface area is 108 Å². The Balaban J connectivity index is 2.86. The van der Waals surface area contributed by atoms with Gasteiger partial charge in [0, 0.05) is 12.1 Å². The molecule has 1 amide bonds. The Hall–Kier alpha value is -1.39. The van der Waals surface area contributed by atoms with Crippen LogP contribution in [0, 0.1) is 20.8 Å². The molecule has 0 spiro atoms. The number of aliphatic hydroxyl groups is 2. The molecule has 1 atom stereocenters. The molecular formula is C14H21NO3. The van der Waals surface area contributed by atoms with Crippen LogP contribution in [0.1, 0.15) is 34.0 Å². The van der Waals surface area contributed by atoms with Gasteiger partial charge in [-0.3, -0.25) is 4.79 Å². The summed E-state index contributed by atoms with van der Waals surface area (Å²) in [6.07, 6.45) is 0. The van der Waals surface area contributed by atoms with E-state index in [-0.39, 0.29) is 19.1 Å². The van der Waals surface area contributed by atoms with Crippen molar-refractivity contribution >= 4 is 5.91 Å². The first-order chi connectivity index (χ1) is 8.26. The van der Waals surface area contributed by atoms with Gasteiger partial charge in [0.2, 0.25) is 0 Å². The van der Waals surface area contributed by atoms with E-state index in [1.807, 2.05) is 32.9 Å². The van der Waals surface area contributed by atoms with Gasteiger partial charge in [0.05, 0.1) is 6.61 Å². The molecule has 4 heteroatoms. The van der Waals surface area contributed by atoms with E-state index in [4.69, 9.17) is 5.11 Å². The normalized spacial score (nSPS) is 14.1. The summed E-state index contributed by atoms with van der Waals surface area (Å²) >= 11 is 0. The highest BCUT2D eigenvalue weighted by Crippen LogP contribution is 2.16. The lowest BCUT2D eigenvalue weighted by molar-refractivity contribution is 0.00319. The molecule has 0 fully saturated rings. The third kappa shape index (κ3) is 3.55. The Bertz CT molecular complexity index is 429. The van der Waals surface area contributed by atoms with Gasteiger partial charge in [-0.15, -0.1) is 0 Å². The third-order valence-corrected chi connectivity index (χ3v) is 2.87. The highest BCUT2D eigenvalue weighted by molar-refractivity contribution is 5.97. The zero-order chi connectivity index (χ0) is 13.9. The maximum atomic E-state index is 12.1. The molecule has 0 aromatic heterocycles. The average Bonchev–Trinajstić information content (AvgIpc) is 2.25. The topological polar surface area (TPSA) is 69.6 Å². The molecule has 1 aromatic carbocycles. The van der Waals surface area contributed by atoms with Crippen LogP contribution in [0.2, 0.25) is 0 Å². The van der Waals surface area contributed by atoms with Crippen LogP contribution in [-0.4, -0.2) is 34.9 Å². The van der Waals surface area contributed by atoms with Crippen molar-refractivity contribution < 1.29 is 15.0 Å². The van der Waals surface area contributed by atoms with Crippen molar-refractivity contribution in [2.75, 3.05) is 13.2 Å². The molecule has 100 valence electrons. The number of aliphatic hydroxyl groups excluding tert-OH is 1. The van der Waals surface area contributed by atoms with Gasteiger partial charge in [0.1, 0.15) is 5.60 Å². The number of rotatable bonds is 4. The van der Waals surface area contributed by atoms with E-state index in [2.05, 4.69) is 5.32 Å². The van der Waals surface area contributed by atoms with Crippen LogP contribution in [0.15, 0.2) is 12.1 Å². The smallest absolute Gasteiger partial charge is 0.251 e. The number of amides is 1. The Morgan fingerprint density at radius 1 is 1.28 bits per heavy atom. The van der Waals surface area contributed by atoms with E-state index in [1.165, 1.54) is 6.92 Å². The van der Waals surface area contributed by atoms with Gasteiger partial charge in [0.15, 0.2) is 0 Å². The summed E-state index contributed by atoms with van der Waals surface area (Å²) in [6, 6.07) is 3.90. The van der Waals surface area contributed by atoms with Crippen molar-refractivity contribution in [1.29, 1.82) is 0 Å². The third-order valence-electron chi connectivity index (χ3n) is 2.87. The Morgan fingerprint density at radius 3 is 2.22 bits per heavy atom. The quantitative estimate of drug-likeness (QED) is 0.750. The standard InChI is InChI=1S/C14H21NO3/c1-9-5-10(2)12(11(3)6-9)13(17)15-7-14(4,18)8-16/h5-6,16,18H,7-8H2,1-4H3,(H,15,17). The summed E-state index contributed by atoms with van der Waals surface area (Å²) in [5, 5.41) is 21.2. The minimum atomic E-state index is -1.29. The summed E-state index contributed by atoms with van der Waals surface area (Å²) < 4.78 is 0. The summed E-state index contributed by atoms with van der Waals surface area (Å²) in [7, 11) is 0. The first-order valence-electron chi connectivity index (χ1n) is 5.96. The van der Waals surface area contributed by atoms with Gasteiger partial charge < -0.3 is 15.5 Å². The lowest BCUT2D eigenvalue weighted by Gasteiger charge is -2.21. The van der Waals surface area contributed by atoms with Crippen LogP contribution in [0.3, 0.4) is 0 Å². The maximum Gasteiger partial charge on any atom is 0.251 e. The monoisotopic (exact) mass is 251 g/mol. The first-order valence-corrected chi connectivity index (χ1v) is 5.96. The molecule has 0 radical (unpaired) electrons. The number of nitrogens with one attached hydrogen (secondary N) is 1. The predicted molar refractivity (Wildman–Crippen MR) is 70.7 cm³/mol. The largest absolute Gasteiger partial charge is 0.393 e. The van der Waals surface area contributed by atoms with Crippen molar-refractivity contribution in [2.24, 2.45) is 0 Å². The summed E-state index contributed by atoms with van der Waals surface area (Å²) in [6.45, 7) is 6.87. The fourth-order valence-electron chi connectivity index (χ4n) is 1.95. The van der Waals surface area contributed by atoms with Gasteiger partial charge in [-0.25, -0.2) is 0 Å². The minimum absolute atomic E-state index is 0.0229. The van der Waals surface area contributed by atoms with Crippen LogP contribution in [-0.2, 0) is 0 Å². The maximum absolute atomic E-state index is 12.1. The molecule has 0 aliphatic carbocycles. The molecule has 18 heavy (non-hydrogen) atoms. The molecule has 0 aliphatic rings. The van der Waals surface area contributed by atoms with Gasteiger partial charge >= 0.3 is 0 Å². The molecule has 0 bridgehead atoms. The fourth-order valence-corrected chi connectivity index (χ4v) is 1.95. The average molecular weight is 251 g/mol. The number of hydrogen-bond donors (Lipinski definition) is 3. The van der Waals surface area contributed by atoms with Crippen molar-refractivity contribution in [3.05, 3.63) is 34.4 Å². The van der Waals surface area contributed by atoms with E-state index < -0.39 is 5.60 Å². The van der Waals surface area contributed by atoms with Crippen molar-refractivity contribution in [3.8, 4) is 0 Å². The second kappa shape index (κ2) is 5.50. The first kappa shape index (κ1) is 14.7. The van der Waals surface area contributed by atoms with Crippen LogP contribution in [0.4, 0.5) is 0 Å². The van der Waals surface area contributed by atoms with E-state index in [9.17, 15) is 9.90 Å². The van der Waals surface area contributed by atoms with Gasteiger partial charge in [-0.05, 0) is 38.8 Å². The molecular weight excluding hydrogens is 230 g/mol. The molecule has 0 saturated carbocycles. The zero-order valence-corrected chi connectivity index (χ0v) is 11.4. The van der Waals surface area contributed by atoms with Gasteiger partial charge in [0.25, 0.3) is 5.91 Å². The zero-order valence-electron chi connectivity index (χ0n) is 11.4. The van der Waals surface area contributed by atoms with Crippen molar-refractivity contribution in [1.82, 2.24) is 5.32 Å². The molecule has 1 unspecified atom stereocenters. The van der Waals surface area contributed by atoms with E-state index in [0.29, 0.717) is 5.56 Å².